The summed E-state index contributed by atoms with van der Waals surface area (Å²) in [5.41, 5.74) is 0.708. The Bertz CT molecular complexity index is 459. The highest BCUT2D eigenvalue weighted by Crippen LogP contribution is 2.43. The number of halogens is 3. The molecule has 0 heterocycles. The molecule has 0 saturated heterocycles. The molecule has 1 atom stereocenters. The molecule has 0 aliphatic heterocycles. The van der Waals surface area contributed by atoms with E-state index in [4.69, 9.17) is 0 Å². The third kappa shape index (κ3) is 2.28. The third-order valence-corrected chi connectivity index (χ3v) is 3.02. The van der Waals surface area contributed by atoms with Crippen LogP contribution in [0.15, 0.2) is 18.2 Å². The smallest absolute Gasteiger partial charge is 0.259 e. The summed E-state index contributed by atoms with van der Waals surface area (Å²) >= 11 is 0. The summed E-state index contributed by atoms with van der Waals surface area (Å²) in [5.74, 6) is -5.25. The van der Waals surface area contributed by atoms with E-state index in [1.165, 1.54) is 18.2 Å². The predicted molar refractivity (Wildman–Crippen MR) is 57.4 cm³/mol. The van der Waals surface area contributed by atoms with Gasteiger partial charge in [0.1, 0.15) is 11.7 Å². The van der Waals surface area contributed by atoms with Crippen LogP contribution in [0.3, 0.4) is 0 Å². The van der Waals surface area contributed by atoms with Crippen molar-refractivity contribution in [3.63, 3.8) is 0 Å². The zero-order chi connectivity index (χ0) is 12.6. The summed E-state index contributed by atoms with van der Waals surface area (Å²) in [5, 5.41) is 2.38. The summed E-state index contributed by atoms with van der Waals surface area (Å²) in [4.78, 5) is 11.5. The number of hydrogen-bond donors (Lipinski definition) is 1. The molecule has 1 saturated carbocycles. The van der Waals surface area contributed by atoms with Crippen molar-refractivity contribution in [1.29, 1.82) is 0 Å². The first kappa shape index (κ1) is 12.0. The Hall–Kier alpha value is -1.52. The van der Waals surface area contributed by atoms with Crippen molar-refractivity contribution >= 4 is 11.6 Å². The van der Waals surface area contributed by atoms with Crippen LogP contribution < -0.4 is 5.32 Å². The van der Waals surface area contributed by atoms with Gasteiger partial charge in [0, 0.05) is 12.1 Å². The van der Waals surface area contributed by atoms with Crippen molar-refractivity contribution in [1.82, 2.24) is 0 Å². The van der Waals surface area contributed by atoms with Gasteiger partial charge in [0.05, 0.1) is 0 Å². The van der Waals surface area contributed by atoms with Crippen molar-refractivity contribution in [3.8, 4) is 0 Å². The SMILES string of the molecule is Cc1cc(NC(=O)C2CCC2(F)F)ccc1F. The molecule has 0 spiro atoms. The van der Waals surface area contributed by atoms with Gasteiger partial charge < -0.3 is 5.32 Å². The second kappa shape index (κ2) is 4.05. The zero-order valence-corrected chi connectivity index (χ0v) is 9.27. The van der Waals surface area contributed by atoms with Gasteiger partial charge in [0.15, 0.2) is 0 Å². The Labute approximate surface area is 96.8 Å². The Morgan fingerprint density at radius 1 is 1.47 bits per heavy atom. The number of hydrogen-bond acceptors (Lipinski definition) is 1. The lowest BCUT2D eigenvalue weighted by atomic mass is 9.80. The standard InChI is InChI=1S/C12H12F3NO/c1-7-6-8(2-3-10(7)13)16-11(17)9-4-5-12(9,14)15/h2-3,6,9H,4-5H2,1H3,(H,16,17). The van der Waals surface area contributed by atoms with E-state index >= 15 is 0 Å². The fourth-order valence-corrected chi connectivity index (χ4v) is 1.78. The van der Waals surface area contributed by atoms with Gasteiger partial charge in [-0.05, 0) is 37.1 Å². The number of carbonyl (C=O) groups excluding carboxylic acids is 1. The molecule has 0 radical (unpaired) electrons. The van der Waals surface area contributed by atoms with Crippen molar-refractivity contribution in [2.24, 2.45) is 5.92 Å². The summed E-state index contributed by atoms with van der Waals surface area (Å²) in [6.45, 7) is 1.54. The largest absolute Gasteiger partial charge is 0.326 e. The minimum atomic E-state index is -2.90. The number of carbonyl (C=O) groups is 1. The third-order valence-electron chi connectivity index (χ3n) is 3.02. The van der Waals surface area contributed by atoms with Gasteiger partial charge in [0.2, 0.25) is 5.91 Å². The van der Waals surface area contributed by atoms with E-state index in [0.29, 0.717) is 11.3 Å². The average molecular weight is 243 g/mol. The summed E-state index contributed by atoms with van der Waals surface area (Å²) in [6.07, 6.45) is -0.0491. The second-order valence-corrected chi connectivity index (χ2v) is 4.31. The van der Waals surface area contributed by atoms with Crippen molar-refractivity contribution in [2.45, 2.75) is 25.7 Å². The number of anilines is 1. The number of benzene rings is 1. The van der Waals surface area contributed by atoms with Gasteiger partial charge in [-0.3, -0.25) is 4.79 Å². The van der Waals surface area contributed by atoms with E-state index in [0.717, 1.165) is 0 Å². The summed E-state index contributed by atoms with van der Waals surface area (Å²) < 4.78 is 38.9. The van der Waals surface area contributed by atoms with Crippen LogP contribution in [0.5, 0.6) is 0 Å². The van der Waals surface area contributed by atoms with Crippen LogP contribution in [0.25, 0.3) is 0 Å². The maximum Gasteiger partial charge on any atom is 0.259 e. The number of rotatable bonds is 2. The molecule has 1 fully saturated rings. The number of amides is 1. The maximum atomic E-state index is 13.0. The molecule has 2 nitrogen and oxygen atoms in total. The topological polar surface area (TPSA) is 29.1 Å². The molecule has 1 aromatic rings. The summed E-state index contributed by atoms with van der Waals surface area (Å²) in [6, 6.07) is 3.98. The molecular weight excluding hydrogens is 231 g/mol. The van der Waals surface area contributed by atoms with Crippen LogP contribution in [-0.2, 0) is 4.79 Å². The number of nitrogens with one attached hydrogen (secondary N) is 1. The quantitative estimate of drug-likeness (QED) is 0.849. The van der Waals surface area contributed by atoms with E-state index < -0.39 is 23.6 Å². The van der Waals surface area contributed by atoms with Crippen molar-refractivity contribution in [2.75, 3.05) is 5.32 Å². The predicted octanol–water partition coefficient (Wildman–Crippen LogP) is 3.12. The summed E-state index contributed by atoms with van der Waals surface area (Å²) in [7, 11) is 0. The van der Waals surface area contributed by atoms with Crippen molar-refractivity contribution < 1.29 is 18.0 Å². The first-order valence-corrected chi connectivity index (χ1v) is 5.35. The second-order valence-electron chi connectivity index (χ2n) is 4.31. The Kier molecular flexibility index (Phi) is 2.85. The fourth-order valence-electron chi connectivity index (χ4n) is 1.78. The molecule has 0 bridgehead atoms. The molecule has 1 unspecified atom stereocenters. The molecule has 17 heavy (non-hydrogen) atoms. The van der Waals surface area contributed by atoms with E-state index in [-0.39, 0.29) is 12.8 Å². The molecule has 1 aliphatic rings. The molecule has 2 rings (SSSR count). The lowest BCUT2D eigenvalue weighted by Crippen LogP contribution is -2.46. The molecule has 1 aromatic carbocycles. The Morgan fingerprint density at radius 3 is 2.65 bits per heavy atom. The van der Waals surface area contributed by atoms with Gasteiger partial charge in [-0.25, -0.2) is 13.2 Å². The van der Waals surface area contributed by atoms with E-state index in [1.807, 2.05) is 0 Å². The lowest BCUT2D eigenvalue weighted by Gasteiger charge is -2.34. The van der Waals surface area contributed by atoms with Gasteiger partial charge in [-0.1, -0.05) is 0 Å². The fraction of sp³-hybridized carbons (Fsp3) is 0.417. The Morgan fingerprint density at radius 2 is 2.18 bits per heavy atom. The number of aryl methyl sites for hydroxylation is 1. The molecule has 1 amide bonds. The van der Waals surface area contributed by atoms with E-state index in [9.17, 15) is 18.0 Å². The molecule has 92 valence electrons. The maximum absolute atomic E-state index is 13.0. The van der Waals surface area contributed by atoms with Crippen LogP contribution >= 0.6 is 0 Å². The normalized spacial score (nSPS) is 21.8. The molecule has 1 aliphatic carbocycles. The molecule has 5 heteroatoms. The van der Waals surface area contributed by atoms with E-state index in [2.05, 4.69) is 5.32 Å². The average Bonchev–Trinajstić information content (AvgIpc) is 2.22. The highest BCUT2D eigenvalue weighted by Gasteiger charge is 2.52. The van der Waals surface area contributed by atoms with Crippen LogP contribution in [0, 0.1) is 18.7 Å². The Balaban J connectivity index is 2.06. The van der Waals surface area contributed by atoms with Gasteiger partial charge in [0.25, 0.3) is 5.92 Å². The molecular formula is C12H12F3NO. The molecule has 0 aromatic heterocycles. The minimum absolute atomic E-state index is 0.193. The zero-order valence-electron chi connectivity index (χ0n) is 9.27. The minimum Gasteiger partial charge on any atom is -0.326 e. The van der Waals surface area contributed by atoms with Gasteiger partial charge in [-0.2, -0.15) is 0 Å². The molecule has 1 N–H and O–H groups in total. The van der Waals surface area contributed by atoms with E-state index in [1.54, 1.807) is 6.92 Å². The van der Waals surface area contributed by atoms with Crippen LogP contribution in [0.4, 0.5) is 18.9 Å². The highest BCUT2D eigenvalue weighted by molar-refractivity contribution is 5.93. The van der Waals surface area contributed by atoms with Gasteiger partial charge >= 0.3 is 0 Å². The van der Waals surface area contributed by atoms with Gasteiger partial charge in [-0.15, -0.1) is 0 Å². The van der Waals surface area contributed by atoms with Crippen LogP contribution in [0.2, 0.25) is 0 Å². The van der Waals surface area contributed by atoms with Crippen molar-refractivity contribution in [3.05, 3.63) is 29.6 Å². The number of alkyl halides is 2. The van der Waals surface area contributed by atoms with Crippen LogP contribution in [0.1, 0.15) is 18.4 Å². The van der Waals surface area contributed by atoms with Crippen LogP contribution in [-0.4, -0.2) is 11.8 Å². The first-order valence-electron chi connectivity index (χ1n) is 5.35. The lowest BCUT2D eigenvalue weighted by molar-refractivity contribution is -0.157. The highest BCUT2D eigenvalue weighted by atomic mass is 19.3. The monoisotopic (exact) mass is 243 g/mol. The first-order chi connectivity index (χ1) is 7.90.